The number of carboxylic acid groups (broad SMARTS) is 1. The molecule has 2 aliphatic carbocycles. The summed E-state index contributed by atoms with van der Waals surface area (Å²) >= 11 is 2.60. The third-order valence-corrected chi connectivity index (χ3v) is 8.09. The van der Waals surface area contributed by atoms with Gasteiger partial charge in [0.15, 0.2) is 5.13 Å². The Morgan fingerprint density at radius 3 is 2.30 bits per heavy atom. The van der Waals surface area contributed by atoms with Gasteiger partial charge in [-0.05, 0) is 17.8 Å². The van der Waals surface area contributed by atoms with Crippen LogP contribution < -0.4 is 5.32 Å². The van der Waals surface area contributed by atoms with E-state index in [9.17, 15) is 9.59 Å². The van der Waals surface area contributed by atoms with Crippen LogP contribution in [0.3, 0.4) is 0 Å². The molecule has 1 heterocycles. The summed E-state index contributed by atoms with van der Waals surface area (Å²) in [5, 5.41) is 12.3. The van der Waals surface area contributed by atoms with Gasteiger partial charge in [0.1, 0.15) is 0 Å². The highest BCUT2D eigenvalue weighted by Gasteiger charge is 2.33. The summed E-state index contributed by atoms with van der Waals surface area (Å²) in [6.45, 7) is 0. The number of amides is 1. The first-order chi connectivity index (χ1) is 13.1. The lowest BCUT2D eigenvalue weighted by Gasteiger charge is -2.31. The minimum atomic E-state index is -0.846. The highest BCUT2D eigenvalue weighted by atomic mass is 32.2. The number of nitrogens with zero attached hydrogens (tertiary/aromatic N) is 1. The number of thiazole rings is 1. The molecule has 1 atom stereocenters. The molecule has 27 heavy (non-hydrogen) atoms. The molecule has 2 fully saturated rings. The van der Waals surface area contributed by atoms with Gasteiger partial charge in [-0.15, -0.1) is 11.8 Å². The molecule has 1 unspecified atom stereocenters. The summed E-state index contributed by atoms with van der Waals surface area (Å²) in [6.07, 6.45) is 15.3. The van der Waals surface area contributed by atoms with Gasteiger partial charge in [-0.25, -0.2) is 4.98 Å². The molecule has 1 amide bonds. The Morgan fingerprint density at radius 1 is 1.11 bits per heavy atom. The molecule has 2 saturated carbocycles. The van der Waals surface area contributed by atoms with Gasteiger partial charge in [-0.1, -0.05) is 75.5 Å². The van der Waals surface area contributed by atoms with E-state index in [0.717, 1.165) is 4.21 Å². The molecule has 0 radical (unpaired) electrons. The van der Waals surface area contributed by atoms with Gasteiger partial charge in [0, 0.05) is 6.42 Å². The number of carboxylic acids is 1. The Hall–Kier alpha value is -1.08. The minimum absolute atomic E-state index is 0.0149. The quantitative estimate of drug-likeness (QED) is 0.441. The van der Waals surface area contributed by atoms with E-state index in [1.807, 2.05) is 0 Å². The number of aromatic nitrogens is 1. The van der Waals surface area contributed by atoms with Crippen molar-refractivity contribution in [1.29, 1.82) is 0 Å². The third kappa shape index (κ3) is 6.49. The van der Waals surface area contributed by atoms with E-state index < -0.39 is 5.97 Å². The summed E-state index contributed by atoms with van der Waals surface area (Å²) in [5.41, 5.74) is 0. The summed E-state index contributed by atoms with van der Waals surface area (Å²) < 4.78 is 0.823. The monoisotopic (exact) mass is 410 g/mol. The van der Waals surface area contributed by atoms with E-state index in [-0.39, 0.29) is 11.7 Å². The number of aliphatic carboxylic acids is 1. The third-order valence-electron chi connectivity index (χ3n) is 6.00. The van der Waals surface area contributed by atoms with Crippen molar-refractivity contribution in [1.82, 2.24) is 4.98 Å². The van der Waals surface area contributed by atoms with E-state index >= 15 is 0 Å². The van der Waals surface area contributed by atoms with Gasteiger partial charge in [0.05, 0.1) is 16.2 Å². The summed E-state index contributed by atoms with van der Waals surface area (Å²) in [6, 6.07) is 0. The number of nitrogens with one attached hydrogen (secondary N) is 1. The lowest BCUT2D eigenvalue weighted by atomic mass is 9.75. The van der Waals surface area contributed by atoms with Gasteiger partial charge >= 0.3 is 5.97 Å². The lowest BCUT2D eigenvalue weighted by Crippen LogP contribution is -2.27. The van der Waals surface area contributed by atoms with Gasteiger partial charge < -0.3 is 10.4 Å². The van der Waals surface area contributed by atoms with Crippen LogP contribution in [0.2, 0.25) is 0 Å². The fourth-order valence-electron chi connectivity index (χ4n) is 4.74. The van der Waals surface area contributed by atoms with Crippen LogP contribution in [0.5, 0.6) is 0 Å². The fourth-order valence-corrected chi connectivity index (χ4v) is 6.35. The van der Waals surface area contributed by atoms with Crippen molar-refractivity contribution in [3.63, 3.8) is 0 Å². The molecule has 1 aromatic heterocycles. The van der Waals surface area contributed by atoms with Crippen molar-refractivity contribution >= 4 is 40.1 Å². The van der Waals surface area contributed by atoms with E-state index in [2.05, 4.69) is 10.3 Å². The highest BCUT2D eigenvalue weighted by Crippen LogP contribution is 2.42. The highest BCUT2D eigenvalue weighted by molar-refractivity contribution is 8.01. The zero-order chi connectivity index (χ0) is 19.1. The fraction of sp³-hybridized carbons (Fsp3) is 0.750. The smallest absolute Gasteiger partial charge is 0.313 e. The summed E-state index contributed by atoms with van der Waals surface area (Å²) in [5.74, 6) is 1.14. The van der Waals surface area contributed by atoms with Crippen molar-refractivity contribution in [2.24, 2.45) is 17.8 Å². The molecule has 0 saturated heterocycles. The second-order valence-electron chi connectivity index (χ2n) is 7.88. The van der Waals surface area contributed by atoms with Crippen LogP contribution in [0, 0.1) is 17.8 Å². The van der Waals surface area contributed by atoms with Gasteiger partial charge in [-0.3, -0.25) is 9.59 Å². The van der Waals surface area contributed by atoms with Gasteiger partial charge in [-0.2, -0.15) is 0 Å². The maximum Gasteiger partial charge on any atom is 0.313 e. The zero-order valence-corrected chi connectivity index (χ0v) is 17.5. The van der Waals surface area contributed by atoms with Crippen LogP contribution >= 0.6 is 23.1 Å². The molecule has 0 aromatic carbocycles. The molecule has 5 nitrogen and oxygen atoms in total. The molecule has 0 bridgehead atoms. The van der Waals surface area contributed by atoms with E-state index in [0.29, 0.717) is 29.3 Å². The summed E-state index contributed by atoms with van der Waals surface area (Å²) in [4.78, 5) is 27.7. The van der Waals surface area contributed by atoms with Crippen LogP contribution in [0.15, 0.2) is 10.4 Å². The van der Waals surface area contributed by atoms with Crippen LogP contribution in [-0.4, -0.2) is 27.7 Å². The number of carbonyl (C=O) groups excluding carboxylic acids is 1. The Balaban J connectivity index is 1.57. The maximum absolute atomic E-state index is 12.7. The number of hydrogen-bond acceptors (Lipinski definition) is 5. The predicted octanol–water partition coefficient (Wildman–Crippen LogP) is 5.43. The molecule has 2 aliphatic rings. The average Bonchev–Trinajstić information content (AvgIpc) is 3.25. The Labute approximate surface area is 169 Å². The average molecular weight is 411 g/mol. The van der Waals surface area contributed by atoms with Crippen molar-refractivity contribution < 1.29 is 14.7 Å². The largest absolute Gasteiger partial charge is 0.481 e. The molecule has 0 spiro atoms. The molecule has 1 aromatic rings. The van der Waals surface area contributed by atoms with Crippen molar-refractivity contribution in [2.75, 3.05) is 11.1 Å². The standard InChI is InChI=1S/C20H30N2O3S2/c23-17(22-20-21-12-19(27-20)26-13-18(24)25)11-16(15-9-5-6-10-15)14-7-3-1-2-4-8-14/h12,14-16H,1-11,13H2,(H,24,25)(H,21,22,23). The lowest BCUT2D eigenvalue weighted by molar-refractivity contribution is -0.133. The molecule has 3 rings (SSSR count). The first-order valence-corrected chi connectivity index (χ1v) is 12.0. The Bertz CT molecular complexity index is 620. The van der Waals surface area contributed by atoms with Crippen LogP contribution in [0.1, 0.15) is 70.6 Å². The van der Waals surface area contributed by atoms with Crippen LogP contribution in [0.4, 0.5) is 5.13 Å². The molecule has 150 valence electrons. The Kier molecular flexibility index (Phi) is 8.00. The van der Waals surface area contributed by atoms with E-state index in [4.69, 9.17) is 5.11 Å². The number of carbonyl (C=O) groups is 2. The Morgan fingerprint density at radius 2 is 1.70 bits per heavy atom. The number of hydrogen-bond donors (Lipinski definition) is 2. The number of rotatable bonds is 8. The number of anilines is 1. The molecule has 2 N–H and O–H groups in total. The SMILES string of the molecule is O=C(O)CSc1cnc(NC(=O)CC(C2CCCCCC2)C2CCCC2)s1. The maximum atomic E-state index is 12.7. The first-order valence-electron chi connectivity index (χ1n) is 10.2. The van der Waals surface area contributed by atoms with Crippen molar-refractivity contribution in [2.45, 2.75) is 74.8 Å². The molecule has 0 aliphatic heterocycles. The van der Waals surface area contributed by atoms with Gasteiger partial charge in [0.25, 0.3) is 0 Å². The van der Waals surface area contributed by atoms with E-state index in [1.54, 1.807) is 6.20 Å². The second-order valence-corrected chi connectivity index (χ2v) is 10.2. The summed E-state index contributed by atoms with van der Waals surface area (Å²) in [7, 11) is 0. The second kappa shape index (κ2) is 10.5. The first kappa shape index (κ1) is 20.6. The van der Waals surface area contributed by atoms with Crippen molar-refractivity contribution in [3.8, 4) is 0 Å². The molecular weight excluding hydrogens is 380 g/mol. The van der Waals surface area contributed by atoms with Gasteiger partial charge in [0.2, 0.25) is 5.91 Å². The zero-order valence-electron chi connectivity index (χ0n) is 15.8. The van der Waals surface area contributed by atoms with Crippen LogP contribution in [-0.2, 0) is 9.59 Å². The molecule has 7 heteroatoms. The van der Waals surface area contributed by atoms with Crippen LogP contribution in [0.25, 0.3) is 0 Å². The normalized spacial score (nSPS) is 20.3. The molecular formula is C20H30N2O3S2. The topological polar surface area (TPSA) is 79.3 Å². The number of thioether (sulfide) groups is 1. The van der Waals surface area contributed by atoms with Crippen molar-refractivity contribution in [3.05, 3.63) is 6.20 Å². The minimum Gasteiger partial charge on any atom is -0.481 e. The van der Waals surface area contributed by atoms with E-state index in [1.165, 1.54) is 87.3 Å². The predicted molar refractivity (Wildman–Crippen MR) is 110 cm³/mol.